The van der Waals surface area contributed by atoms with Crippen LogP contribution in [-0.4, -0.2) is 53.7 Å². The van der Waals surface area contributed by atoms with E-state index in [1.54, 1.807) is 13.0 Å². The zero-order chi connectivity index (χ0) is 24.9. The number of carbonyl (C=O) groups excluding carboxylic acids is 4. The molecular formula is C26H36O8. The minimum atomic E-state index is -1.16. The van der Waals surface area contributed by atoms with E-state index >= 15 is 0 Å². The molecule has 7 atom stereocenters. The normalized spacial score (nSPS) is 40.9. The molecule has 188 valence electrons. The maximum atomic E-state index is 12.9. The molecule has 0 unspecified atom stereocenters. The van der Waals surface area contributed by atoms with E-state index in [1.165, 1.54) is 13.8 Å². The molecule has 4 aliphatic carbocycles. The highest BCUT2D eigenvalue weighted by Crippen LogP contribution is 2.69. The van der Waals surface area contributed by atoms with E-state index in [9.17, 15) is 24.3 Å². The predicted octanol–water partition coefficient (Wildman–Crippen LogP) is 2.90. The van der Waals surface area contributed by atoms with Gasteiger partial charge in [0, 0.05) is 37.0 Å². The summed E-state index contributed by atoms with van der Waals surface area (Å²) >= 11 is 0. The average molecular weight is 477 g/mol. The van der Waals surface area contributed by atoms with E-state index in [-0.39, 0.29) is 36.8 Å². The van der Waals surface area contributed by atoms with E-state index < -0.39 is 40.4 Å². The lowest BCUT2D eigenvalue weighted by Crippen LogP contribution is -2.67. The van der Waals surface area contributed by atoms with Gasteiger partial charge < -0.3 is 19.3 Å². The van der Waals surface area contributed by atoms with Crippen molar-refractivity contribution in [1.29, 1.82) is 0 Å². The van der Waals surface area contributed by atoms with Gasteiger partial charge in [-0.1, -0.05) is 12.5 Å². The van der Waals surface area contributed by atoms with Gasteiger partial charge in [0.05, 0.1) is 18.1 Å². The van der Waals surface area contributed by atoms with Crippen LogP contribution in [0.4, 0.5) is 0 Å². The lowest BCUT2D eigenvalue weighted by molar-refractivity contribution is -0.235. The minimum Gasteiger partial charge on any atom is -0.466 e. The maximum absolute atomic E-state index is 12.9. The van der Waals surface area contributed by atoms with Gasteiger partial charge in [0.25, 0.3) is 0 Å². The lowest BCUT2D eigenvalue weighted by Gasteiger charge is -2.63. The van der Waals surface area contributed by atoms with Crippen molar-refractivity contribution >= 4 is 23.7 Å². The van der Waals surface area contributed by atoms with Gasteiger partial charge in [-0.15, -0.1) is 0 Å². The van der Waals surface area contributed by atoms with E-state index in [0.717, 1.165) is 5.57 Å². The smallest absolute Gasteiger partial charge is 0.309 e. The Morgan fingerprint density at radius 2 is 1.82 bits per heavy atom. The number of hydrogen-bond donors (Lipinski definition) is 1. The van der Waals surface area contributed by atoms with Crippen molar-refractivity contribution in [3.05, 3.63) is 11.6 Å². The van der Waals surface area contributed by atoms with Crippen LogP contribution in [0, 0.1) is 28.6 Å². The molecule has 0 aromatic rings. The molecule has 0 radical (unpaired) electrons. The van der Waals surface area contributed by atoms with E-state index in [0.29, 0.717) is 44.9 Å². The quantitative estimate of drug-likeness (QED) is 0.476. The number of rotatable bonds is 5. The lowest BCUT2D eigenvalue weighted by atomic mass is 9.44. The molecule has 1 N–H and O–H groups in total. The van der Waals surface area contributed by atoms with Gasteiger partial charge in [0.1, 0.15) is 12.7 Å². The first kappa shape index (κ1) is 24.9. The zero-order valence-corrected chi connectivity index (χ0v) is 20.6. The second-order valence-electron chi connectivity index (χ2n) is 10.8. The summed E-state index contributed by atoms with van der Waals surface area (Å²) in [6, 6.07) is 0. The third kappa shape index (κ3) is 3.69. The van der Waals surface area contributed by atoms with Crippen LogP contribution in [0.1, 0.15) is 72.6 Å². The fourth-order valence-corrected chi connectivity index (χ4v) is 7.83. The van der Waals surface area contributed by atoms with Gasteiger partial charge in [-0.3, -0.25) is 19.2 Å². The molecule has 4 aliphatic rings. The van der Waals surface area contributed by atoms with Crippen molar-refractivity contribution in [3.8, 4) is 0 Å². The van der Waals surface area contributed by atoms with E-state index in [4.69, 9.17) is 14.2 Å². The van der Waals surface area contributed by atoms with Crippen molar-refractivity contribution in [2.45, 2.75) is 84.3 Å². The van der Waals surface area contributed by atoms with Gasteiger partial charge in [0.2, 0.25) is 0 Å². The molecule has 0 heterocycles. The molecule has 0 aromatic heterocycles. The highest BCUT2D eigenvalue weighted by atomic mass is 16.5. The molecule has 0 bridgehead atoms. The number of carbonyl (C=O) groups is 4. The molecule has 3 saturated carbocycles. The molecule has 3 fully saturated rings. The van der Waals surface area contributed by atoms with E-state index in [2.05, 4.69) is 0 Å². The van der Waals surface area contributed by atoms with Gasteiger partial charge in [0.15, 0.2) is 5.78 Å². The first-order valence-electron chi connectivity index (χ1n) is 12.4. The Morgan fingerprint density at radius 1 is 1.09 bits per heavy atom. The molecule has 0 amide bonds. The summed E-state index contributed by atoms with van der Waals surface area (Å²) in [5.74, 6) is -2.24. The van der Waals surface area contributed by atoms with Crippen LogP contribution in [-0.2, 0) is 33.4 Å². The predicted molar refractivity (Wildman–Crippen MR) is 120 cm³/mol. The minimum absolute atomic E-state index is 0.0403. The molecule has 0 saturated heterocycles. The Morgan fingerprint density at radius 3 is 2.47 bits per heavy atom. The standard InChI is InChI=1S/C26H36O8/c1-5-32-23(30)20-9-11-26(31)19-7-6-17-12-18(29)8-10-25(17,14-33-15(2)27)22(19)21(34-16(3)28)13-24(20,26)4/h12,19-22,31H,5-11,13-14H2,1-4H3/t19-,20+,21-,22-,24+,25-,26+/m1/s1. The van der Waals surface area contributed by atoms with Crippen molar-refractivity contribution in [2.75, 3.05) is 13.2 Å². The fourth-order valence-electron chi connectivity index (χ4n) is 7.83. The monoisotopic (exact) mass is 476 g/mol. The molecule has 0 spiro atoms. The summed E-state index contributed by atoms with van der Waals surface area (Å²) in [6.07, 6.45) is 4.30. The van der Waals surface area contributed by atoms with Crippen molar-refractivity contribution in [3.63, 3.8) is 0 Å². The first-order valence-corrected chi connectivity index (χ1v) is 12.4. The van der Waals surface area contributed by atoms with Crippen LogP contribution in [0.25, 0.3) is 0 Å². The molecule has 4 rings (SSSR count). The topological polar surface area (TPSA) is 116 Å². The van der Waals surface area contributed by atoms with Gasteiger partial charge in [-0.25, -0.2) is 0 Å². The SMILES string of the molecule is CCOC(=O)[C@@H]1CC[C@]2(O)[C@@H]3CCC4=CC(=O)CC[C@]4(COC(C)=O)[C@H]3[C@H](OC(C)=O)C[C@@]12C. The highest BCUT2D eigenvalue weighted by Gasteiger charge is 2.72. The molecule has 8 heteroatoms. The summed E-state index contributed by atoms with van der Waals surface area (Å²) in [5.41, 5.74) is -1.77. The van der Waals surface area contributed by atoms with Crippen LogP contribution in [0.3, 0.4) is 0 Å². The molecule has 0 aliphatic heterocycles. The molecule has 0 aromatic carbocycles. The van der Waals surface area contributed by atoms with Crippen LogP contribution < -0.4 is 0 Å². The molecular weight excluding hydrogens is 440 g/mol. The first-order chi connectivity index (χ1) is 16.0. The summed E-state index contributed by atoms with van der Waals surface area (Å²) in [7, 11) is 0. The highest BCUT2D eigenvalue weighted by molar-refractivity contribution is 5.91. The fraction of sp³-hybridized carbons (Fsp3) is 0.769. The summed E-state index contributed by atoms with van der Waals surface area (Å²) in [4.78, 5) is 49.3. The third-order valence-corrected chi connectivity index (χ3v) is 9.22. The van der Waals surface area contributed by atoms with Crippen molar-refractivity contribution in [1.82, 2.24) is 0 Å². The molecule has 8 nitrogen and oxygen atoms in total. The van der Waals surface area contributed by atoms with Crippen LogP contribution in [0.15, 0.2) is 11.6 Å². The van der Waals surface area contributed by atoms with Crippen LogP contribution in [0.5, 0.6) is 0 Å². The maximum Gasteiger partial charge on any atom is 0.309 e. The average Bonchev–Trinajstić information content (AvgIpc) is 3.03. The zero-order valence-electron chi connectivity index (χ0n) is 20.6. The van der Waals surface area contributed by atoms with Gasteiger partial charge in [-0.05, 0) is 57.4 Å². The van der Waals surface area contributed by atoms with Crippen molar-refractivity contribution in [2.24, 2.45) is 28.6 Å². The number of ether oxygens (including phenoxy) is 3. The molecule has 34 heavy (non-hydrogen) atoms. The number of hydrogen-bond acceptors (Lipinski definition) is 8. The third-order valence-electron chi connectivity index (χ3n) is 9.22. The van der Waals surface area contributed by atoms with Crippen molar-refractivity contribution < 1.29 is 38.5 Å². The number of fused-ring (bicyclic) bond motifs is 5. The Bertz CT molecular complexity index is 924. The Kier molecular flexibility index (Phi) is 6.42. The van der Waals surface area contributed by atoms with Crippen LogP contribution in [0.2, 0.25) is 0 Å². The van der Waals surface area contributed by atoms with Crippen LogP contribution >= 0.6 is 0 Å². The van der Waals surface area contributed by atoms with Gasteiger partial charge in [-0.2, -0.15) is 0 Å². The van der Waals surface area contributed by atoms with E-state index in [1.807, 2.05) is 6.92 Å². The Labute approximate surface area is 200 Å². The largest absolute Gasteiger partial charge is 0.466 e. The number of ketones is 1. The summed E-state index contributed by atoms with van der Waals surface area (Å²) in [6.45, 7) is 6.73. The summed E-state index contributed by atoms with van der Waals surface area (Å²) < 4.78 is 16.8. The second-order valence-corrected chi connectivity index (χ2v) is 10.8. The number of aliphatic hydroxyl groups is 1. The second kappa shape index (κ2) is 8.77. The number of esters is 3. The van der Waals surface area contributed by atoms with Gasteiger partial charge >= 0.3 is 17.9 Å². The Hall–Kier alpha value is -2.22. The summed E-state index contributed by atoms with van der Waals surface area (Å²) in [5, 5.41) is 12.3. The Balaban J connectivity index is 1.82.